The van der Waals surface area contributed by atoms with E-state index in [-0.39, 0.29) is 25.7 Å². The molecule has 2 unspecified atom stereocenters. The largest absolute Gasteiger partial charge is 0.472 e. The first-order valence-electron chi connectivity index (χ1n) is 36.6. The lowest BCUT2D eigenvalue weighted by Crippen LogP contribution is -2.30. The first-order chi connectivity index (χ1) is 43.7. The standard InChI is InChI=1S/C71H134O17P2/c1-5-9-13-17-20-23-26-28-30-31-32-33-35-37-40-43-46-50-54-58-71(76)88-67(62-82-69(74)56-52-48-44-41-39-36-34-29-27-24-21-18-14-10-6-2)64-86-90(79,80)84-60-65(72)59-83-89(77,78)85-63-66(61-81-68(73)55-51-47-16-12-8-4)87-70(75)57-53-49-45-42-38-25-22-19-15-11-7-3/h24,27,29,34,65-67,72H,5-23,25-26,28,30-33,35-64H2,1-4H3,(H,77,78)(H,79,80)/b27-24-,34-29-/t65-,66+,67+/m0/s1. The van der Waals surface area contributed by atoms with Gasteiger partial charge in [0.2, 0.25) is 0 Å². The molecule has 0 aromatic heterocycles. The van der Waals surface area contributed by atoms with E-state index in [2.05, 4.69) is 52.0 Å². The van der Waals surface area contributed by atoms with Crippen molar-refractivity contribution in [3.05, 3.63) is 24.3 Å². The number of aliphatic hydroxyl groups excluding tert-OH is 1. The molecule has 0 heterocycles. The summed E-state index contributed by atoms with van der Waals surface area (Å²) in [5, 5.41) is 10.6. The summed E-state index contributed by atoms with van der Waals surface area (Å²) in [6.45, 7) is 4.79. The van der Waals surface area contributed by atoms with Crippen LogP contribution in [0.1, 0.15) is 349 Å². The van der Waals surface area contributed by atoms with E-state index in [9.17, 15) is 43.2 Å². The molecule has 0 rings (SSSR count). The van der Waals surface area contributed by atoms with Crippen LogP contribution >= 0.6 is 15.6 Å². The number of carbonyl (C=O) groups excluding carboxylic acids is 4. The molecule has 0 aliphatic heterocycles. The Kier molecular flexibility index (Phi) is 63.4. The average molecular weight is 1320 g/mol. The number of ether oxygens (including phenoxy) is 4. The molecule has 90 heavy (non-hydrogen) atoms. The fourth-order valence-corrected chi connectivity index (χ4v) is 11.9. The Balaban J connectivity index is 5.17. The number of phosphoric ester groups is 2. The second kappa shape index (κ2) is 65.2. The third-order valence-electron chi connectivity index (χ3n) is 16.0. The Morgan fingerprint density at radius 1 is 0.311 bits per heavy atom. The highest BCUT2D eigenvalue weighted by molar-refractivity contribution is 7.47. The van der Waals surface area contributed by atoms with Crippen molar-refractivity contribution in [2.75, 3.05) is 39.6 Å². The number of aliphatic hydroxyl groups is 1. The van der Waals surface area contributed by atoms with E-state index >= 15 is 0 Å². The Morgan fingerprint density at radius 2 is 0.533 bits per heavy atom. The van der Waals surface area contributed by atoms with E-state index < -0.39 is 97.5 Å². The first-order valence-corrected chi connectivity index (χ1v) is 39.6. The van der Waals surface area contributed by atoms with Crippen LogP contribution in [-0.4, -0.2) is 96.7 Å². The average Bonchev–Trinajstić information content (AvgIpc) is 3.62. The van der Waals surface area contributed by atoms with Crippen LogP contribution in [0.2, 0.25) is 0 Å². The van der Waals surface area contributed by atoms with Crippen LogP contribution in [0.3, 0.4) is 0 Å². The van der Waals surface area contributed by atoms with Crippen molar-refractivity contribution in [1.29, 1.82) is 0 Å². The SMILES string of the molecule is CCCCCC/C=C\C=C/CCCCCCCC(=O)OC[C@H](COP(=O)(O)OC[C@@H](O)COP(=O)(O)OC[C@@H](COC(=O)CCCCCCC)OC(=O)CCCCCCCCCCCCC)OC(=O)CCCCCCCCCCCCCCCCCCCCC. The van der Waals surface area contributed by atoms with Gasteiger partial charge in [0.05, 0.1) is 26.4 Å². The molecule has 0 radical (unpaired) electrons. The third-order valence-corrected chi connectivity index (χ3v) is 17.9. The van der Waals surface area contributed by atoms with Gasteiger partial charge in [0.25, 0.3) is 0 Å². The molecular formula is C71H134O17P2. The minimum Gasteiger partial charge on any atom is -0.462 e. The van der Waals surface area contributed by atoms with E-state index in [1.54, 1.807) is 0 Å². The van der Waals surface area contributed by atoms with Crippen molar-refractivity contribution in [2.24, 2.45) is 0 Å². The van der Waals surface area contributed by atoms with Crippen LogP contribution in [0.15, 0.2) is 24.3 Å². The maximum atomic E-state index is 13.0. The fraction of sp³-hybridized carbons (Fsp3) is 0.887. The molecule has 0 aliphatic carbocycles. The van der Waals surface area contributed by atoms with Gasteiger partial charge in [0.15, 0.2) is 12.2 Å². The van der Waals surface area contributed by atoms with Crippen molar-refractivity contribution < 1.29 is 80.2 Å². The van der Waals surface area contributed by atoms with Gasteiger partial charge in [0, 0.05) is 25.7 Å². The summed E-state index contributed by atoms with van der Waals surface area (Å²) < 4.78 is 68.0. The lowest BCUT2D eigenvalue weighted by atomic mass is 10.0. The van der Waals surface area contributed by atoms with Gasteiger partial charge in [-0.25, -0.2) is 9.13 Å². The maximum absolute atomic E-state index is 13.0. The summed E-state index contributed by atoms with van der Waals surface area (Å²) in [5.74, 6) is -2.16. The zero-order valence-electron chi connectivity index (χ0n) is 57.6. The molecule has 0 aromatic rings. The Morgan fingerprint density at radius 3 is 0.811 bits per heavy atom. The van der Waals surface area contributed by atoms with Crippen LogP contribution in [0, 0.1) is 0 Å². The Hall–Kier alpha value is -2.46. The van der Waals surface area contributed by atoms with Crippen molar-refractivity contribution in [3.63, 3.8) is 0 Å². The number of hydrogen-bond acceptors (Lipinski definition) is 15. The van der Waals surface area contributed by atoms with Crippen LogP contribution in [0.5, 0.6) is 0 Å². The summed E-state index contributed by atoms with van der Waals surface area (Å²) >= 11 is 0. The number of hydrogen-bond donors (Lipinski definition) is 3. The highest BCUT2D eigenvalue weighted by Crippen LogP contribution is 2.45. The minimum absolute atomic E-state index is 0.102. The van der Waals surface area contributed by atoms with E-state index in [1.807, 2.05) is 0 Å². The van der Waals surface area contributed by atoms with Gasteiger partial charge in [-0.05, 0) is 51.4 Å². The summed E-state index contributed by atoms with van der Waals surface area (Å²) in [4.78, 5) is 72.2. The molecule has 17 nitrogen and oxygen atoms in total. The molecular weight excluding hydrogens is 1190 g/mol. The van der Waals surface area contributed by atoms with Gasteiger partial charge in [-0.2, -0.15) is 0 Å². The number of carbonyl (C=O) groups is 4. The highest BCUT2D eigenvalue weighted by atomic mass is 31.2. The summed E-state index contributed by atoms with van der Waals surface area (Å²) in [5.41, 5.74) is 0. The predicted octanol–water partition coefficient (Wildman–Crippen LogP) is 20.2. The smallest absolute Gasteiger partial charge is 0.462 e. The molecule has 0 fully saturated rings. The fourth-order valence-electron chi connectivity index (χ4n) is 10.3. The number of unbranched alkanes of at least 4 members (excludes halogenated alkanes) is 41. The second-order valence-corrected chi connectivity index (χ2v) is 27.8. The van der Waals surface area contributed by atoms with Crippen molar-refractivity contribution in [3.8, 4) is 0 Å². The number of phosphoric acid groups is 2. The molecule has 19 heteroatoms. The molecule has 0 aromatic carbocycles. The van der Waals surface area contributed by atoms with Crippen LogP contribution in [0.25, 0.3) is 0 Å². The lowest BCUT2D eigenvalue weighted by Gasteiger charge is -2.21. The summed E-state index contributed by atoms with van der Waals surface area (Å²) in [6, 6.07) is 0. The monoisotopic (exact) mass is 1320 g/mol. The lowest BCUT2D eigenvalue weighted by molar-refractivity contribution is -0.161. The van der Waals surface area contributed by atoms with Crippen LogP contribution in [0.4, 0.5) is 0 Å². The predicted molar refractivity (Wildman–Crippen MR) is 363 cm³/mol. The highest BCUT2D eigenvalue weighted by Gasteiger charge is 2.30. The zero-order chi connectivity index (χ0) is 66.1. The van der Waals surface area contributed by atoms with Crippen LogP contribution in [-0.2, 0) is 65.4 Å². The summed E-state index contributed by atoms with van der Waals surface area (Å²) in [7, 11) is -9.90. The van der Waals surface area contributed by atoms with Gasteiger partial charge < -0.3 is 33.8 Å². The normalized spacial score (nSPS) is 14.2. The molecule has 5 atom stereocenters. The minimum atomic E-state index is -4.96. The summed E-state index contributed by atoms with van der Waals surface area (Å²) in [6.07, 6.45) is 56.7. The van der Waals surface area contributed by atoms with E-state index in [0.717, 1.165) is 116 Å². The topological polar surface area (TPSA) is 237 Å². The molecule has 0 amide bonds. The first kappa shape index (κ1) is 87.5. The third kappa shape index (κ3) is 64.3. The second-order valence-electron chi connectivity index (χ2n) is 24.9. The van der Waals surface area contributed by atoms with Gasteiger partial charge in [-0.1, -0.05) is 296 Å². The van der Waals surface area contributed by atoms with E-state index in [1.165, 1.54) is 154 Å². The molecule has 530 valence electrons. The molecule has 3 N–H and O–H groups in total. The number of allylic oxidation sites excluding steroid dienone is 4. The number of esters is 4. The van der Waals surface area contributed by atoms with Gasteiger partial charge in [-0.3, -0.25) is 37.3 Å². The van der Waals surface area contributed by atoms with Crippen molar-refractivity contribution in [1.82, 2.24) is 0 Å². The Bertz CT molecular complexity index is 1820. The van der Waals surface area contributed by atoms with Crippen molar-refractivity contribution >= 4 is 39.5 Å². The number of rotatable bonds is 70. The molecule has 0 spiro atoms. The van der Waals surface area contributed by atoms with Crippen molar-refractivity contribution in [2.45, 2.75) is 367 Å². The molecule has 0 aliphatic rings. The van der Waals surface area contributed by atoms with E-state index in [4.69, 9.17) is 37.0 Å². The van der Waals surface area contributed by atoms with Gasteiger partial charge in [-0.15, -0.1) is 0 Å². The van der Waals surface area contributed by atoms with Crippen LogP contribution < -0.4 is 0 Å². The Labute approximate surface area is 548 Å². The van der Waals surface area contributed by atoms with E-state index in [0.29, 0.717) is 25.7 Å². The molecule has 0 saturated carbocycles. The zero-order valence-corrected chi connectivity index (χ0v) is 59.4. The molecule has 0 bridgehead atoms. The quantitative estimate of drug-likeness (QED) is 0.0169. The van der Waals surface area contributed by atoms with Gasteiger partial charge >= 0.3 is 39.5 Å². The van der Waals surface area contributed by atoms with Gasteiger partial charge in [0.1, 0.15) is 19.3 Å². The maximum Gasteiger partial charge on any atom is 0.472 e. The molecule has 0 saturated heterocycles.